The lowest BCUT2D eigenvalue weighted by Crippen LogP contribution is -2.45. The molecule has 1 amide bonds. The molecule has 0 unspecified atom stereocenters. The molecule has 1 N–H and O–H groups in total. The molecule has 0 fully saturated rings. The minimum Gasteiger partial charge on any atom is -0.487 e. The van der Waals surface area contributed by atoms with E-state index in [4.69, 9.17) is 4.74 Å². The highest BCUT2D eigenvalue weighted by Gasteiger charge is 2.35. The minimum atomic E-state index is -3.54. The van der Waals surface area contributed by atoms with E-state index in [9.17, 15) is 13.2 Å². The van der Waals surface area contributed by atoms with Gasteiger partial charge in [0.05, 0.1) is 18.8 Å². The standard InChI is InChI=1S/C22H28N2O4S/c1-16-10-11-18-19(13-22(2,3)28-20(18)12-16)23-21(25)15-24(29(4,26)27)14-17-8-6-5-7-9-17/h5-12,19H,13-15H2,1-4H3,(H,23,25)/t19-/m1/s1. The number of aryl methyl sites for hydroxylation is 1. The first-order valence-corrected chi connectivity index (χ1v) is 11.5. The molecule has 2 aromatic carbocycles. The maximum atomic E-state index is 12.8. The van der Waals surface area contributed by atoms with Crippen molar-refractivity contribution in [3.8, 4) is 5.75 Å². The monoisotopic (exact) mass is 416 g/mol. The maximum Gasteiger partial charge on any atom is 0.235 e. The van der Waals surface area contributed by atoms with E-state index < -0.39 is 15.6 Å². The molecule has 29 heavy (non-hydrogen) atoms. The summed E-state index contributed by atoms with van der Waals surface area (Å²) < 4.78 is 31.7. The smallest absolute Gasteiger partial charge is 0.235 e. The van der Waals surface area contributed by atoms with E-state index in [1.807, 2.05) is 69.3 Å². The average Bonchev–Trinajstić information content (AvgIpc) is 2.59. The number of hydrogen-bond donors (Lipinski definition) is 1. The molecule has 2 aromatic rings. The van der Waals surface area contributed by atoms with E-state index in [2.05, 4.69) is 5.32 Å². The van der Waals surface area contributed by atoms with Gasteiger partial charge in [-0.2, -0.15) is 4.31 Å². The largest absolute Gasteiger partial charge is 0.487 e. The first kappa shape index (κ1) is 21.3. The predicted molar refractivity (Wildman–Crippen MR) is 113 cm³/mol. The van der Waals surface area contributed by atoms with Crippen molar-refractivity contribution < 1.29 is 17.9 Å². The normalized spacial score (nSPS) is 18.0. The van der Waals surface area contributed by atoms with Gasteiger partial charge in [0.2, 0.25) is 15.9 Å². The second kappa shape index (κ2) is 8.16. The summed E-state index contributed by atoms with van der Waals surface area (Å²) in [5, 5.41) is 3.01. The van der Waals surface area contributed by atoms with Crippen molar-refractivity contribution in [1.29, 1.82) is 0 Å². The van der Waals surface area contributed by atoms with Crippen LogP contribution in [0.3, 0.4) is 0 Å². The van der Waals surface area contributed by atoms with Gasteiger partial charge < -0.3 is 10.1 Å². The lowest BCUT2D eigenvalue weighted by Gasteiger charge is -2.38. The molecule has 6 nitrogen and oxygen atoms in total. The summed E-state index contributed by atoms with van der Waals surface area (Å²) in [6.07, 6.45) is 1.73. The number of hydrogen-bond acceptors (Lipinski definition) is 4. The van der Waals surface area contributed by atoms with Crippen molar-refractivity contribution >= 4 is 15.9 Å². The van der Waals surface area contributed by atoms with E-state index >= 15 is 0 Å². The zero-order chi connectivity index (χ0) is 21.2. The minimum absolute atomic E-state index is 0.155. The van der Waals surface area contributed by atoms with Crippen molar-refractivity contribution in [2.45, 2.75) is 45.4 Å². The fourth-order valence-electron chi connectivity index (χ4n) is 3.57. The van der Waals surface area contributed by atoms with Gasteiger partial charge in [-0.15, -0.1) is 0 Å². The molecule has 3 rings (SSSR count). The molecule has 0 aliphatic carbocycles. The first-order chi connectivity index (χ1) is 13.5. The molecular weight excluding hydrogens is 388 g/mol. The number of carbonyl (C=O) groups is 1. The highest BCUT2D eigenvalue weighted by molar-refractivity contribution is 7.88. The predicted octanol–water partition coefficient (Wildman–Crippen LogP) is 3.18. The molecule has 1 atom stereocenters. The maximum absolute atomic E-state index is 12.8. The number of benzene rings is 2. The number of fused-ring (bicyclic) bond motifs is 1. The Morgan fingerprint density at radius 1 is 1.21 bits per heavy atom. The van der Waals surface area contributed by atoms with E-state index in [-0.39, 0.29) is 25.0 Å². The van der Waals surface area contributed by atoms with Gasteiger partial charge in [0, 0.05) is 18.5 Å². The Bertz CT molecular complexity index is 987. The van der Waals surface area contributed by atoms with Gasteiger partial charge in [0.25, 0.3) is 0 Å². The zero-order valence-electron chi connectivity index (χ0n) is 17.3. The number of amides is 1. The van der Waals surface area contributed by atoms with E-state index in [0.29, 0.717) is 6.42 Å². The van der Waals surface area contributed by atoms with Gasteiger partial charge in [-0.05, 0) is 38.0 Å². The Kier molecular flexibility index (Phi) is 6.00. The number of carbonyl (C=O) groups excluding carboxylic acids is 1. The fraction of sp³-hybridized carbons (Fsp3) is 0.409. The molecule has 0 radical (unpaired) electrons. The Hall–Kier alpha value is -2.38. The van der Waals surface area contributed by atoms with Crippen LogP contribution in [0.2, 0.25) is 0 Å². The van der Waals surface area contributed by atoms with Gasteiger partial charge in [-0.1, -0.05) is 42.5 Å². The lowest BCUT2D eigenvalue weighted by atomic mass is 9.89. The molecule has 7 heteroatoms. The van der Waals surface area contributed by atoms with Crippen LogP contribution in [0.25, 0.3) is 0 Å². The zero-order valence-corrected chi connectivity index (χ0v) is 18.1. The van der Waals surface area contributed by atoms with Crippen LogP contribution in [-0.2, 0) is 21.4 Å². The van der Waals surface area contributed by atoms with E-state index in [0.717, 1.165) is 28.7 Å². The van der Waals surface area contributed by atoms with Crippen molar-refractivity contribution in [2.75, 3.05) is 12.8 Å². The molecule has 156 valence electrons. The van der Waals surface area contributed by atoms with Crippen molar-refractivity contribution in [3.05, 3.63) is 65.2 Å². The third-order valence-electron chi connectivity index (χ3n) is 4.95. The number of nitrogens with one attached hydrogen (secondary N) is 1. The Morgan fingerprint density at radius 2 is 1.90 bits per heavy atom. The number of nitrogens with zero attached hydrogens (tertiary/aromatic N) is 1. The van der Waals surface area contributed by atoms with Gasteiger partial charge in [0.15, 0.2) is 0 Å². The van der Waals surface area contributed by atoms with E-state index in [1.165, 1.54) is 4.31 Å². The Balaban J connectivity index is 1.76. The van der Waals surface area contributed by atoms with Crippen LogP contribution in [0.5, 0.6) is 5.75 Å². The summed E-state index contributed by atoms with van der Waals surface area (Å²) in [7, 11) is -3.54. The summed E-state index contributed by atoms with van der Waals surface area (Å²) in [4.78, 5) is 12.8. The summed E-state index contributed by atoms with van der Waals surface area (Å²) in [6.45, 7) is 5.88. The van der Waals surface area contributed by atoms with Crippen molar-refractivity contribution in [3.63, 3.8) is 0 Å². The van der Waals surface area contributed by atoms with Gasteiger partial charge in [0.1, 0.15) is 11.4 Å². The van der Waals surface area contributed by atoms with Crippen molar-refractivity contribution in [1.82, 2.24) is 9.62 Å². The topological polar surface area (TPSA) is 75.7 Å². The van der Waals surface area contributed by atoms with Crippen LogP contribution in [0, 0.1) is 6.92 Å². The molecule has 0 saturated heterocycles. The highest BCUT2D eigenvalue weighted by Crippen LogP contribution is 2.39. The SMILES string of the molecule is Cc1ccc2c(c1)OC(C)(C)C[C@H]2NC(=O)CN(Cc1ccccc1)S(C)(=O)=O. The molecule has 1 heterocycles. The molecule has 1 aliphatic rings. The molecular formula is C22H28N2O4S. The fourth-order valence-corrected chi connectivity index (χ4v) is 4.30. The molecule has 0 saturated carbocycles. The van der Waals surface area contributed by atoms with E-state index in [1.54, 1.807) is 0 Å². The van der Waals surface area contributed by atoms with Crippen LogP contribution < -0.4 is 10.1 Å². The van der Waals surface area contributed by atoms with Crippen LogP contribution >= 0.6 is 0 Å². The summed E-state index contributed by atoms with van der Waals surface area (Å²) in [6, 6.07) is 14.9. The van der Waals surface area contributed by atoms with Crippen molar-refractivity contribution in [2.24, 2.45) is 0 Å². The second-order valence-electron chi connectivity index (χ2n) is 8.24. The van der Waals surface area contributed by atoms with Crippen LogP contribution in [0.1, 0.15) is 43.0 Å². The molecule has 1 aliphatic heterocycles. The van der Waals surface area contributed by atoms with Gasteiger partial charge >= 0.3 is 0 Å². The molecule has 0 bridgehead atoms. The van der Waals surface area contributed by atoms with Crippen LogP contribution in [-0.4, -0.2) is 37.0 Å². The van der Waals surface area contributed by atoms with Gasteiger partial charge in [-0.3, -0.25) is 4.79 Å². The second-order valence-corrected chi connectivity index (χ2v) is 10.2. The first-order valence-electron chi connectivity index (χ1n) is 9.61. The number of sulfonamides is 1. The summed E-state index contributed by atoms with van der Waals surface area (Å²) >= 11 is 0. The average molecular weight is 417 g/mol. The highest BCUT2D eigenvalue weighted by atomic mass is 32.2. The number of rotatable bonds is 6. The van der Waals surface area contributed by atoms with Crippen LogP contribution in [0.4, 0.5) is 0 Å². The Labute approximate surface area is 172 Å². The third-order valence-corrected chi connectivity index (χ3v) is 6.15. The van der Waals surface area contributed by atoms with Gasteiger partial charge in [-0.25, -0.2) is 8.42 Å². The number of ether oxygens (including phenoxy) is 1. The lowest BCUT2D eigenvalue weighted by molar-refractivity contribution is -0.122. The third kappa shape index (κ3) is 5.58. The molecule has 0 spiro atoms. The molecule has 0 aromatic heterocycles. The summed E-state index contributed by atoms with van der Waals surface area (Å²) in [5.41, 5.74) is 2.40. The summed E-state index contributed by atoms with van der Waals surface area (Å²) in [5.74, 6) is 0.427. The Morgan fingerprint density at radius 3 is 2.55 bits per heavy atom. The van der Waals surface area contributed by atoms with Crippen LogP contribution in [0.15, 0.2) is 48.5 Å². The quantitative estimate of drug-likeness (QED) is 0.785.